The minimum Gasteiger partial charge on any atom is -0.447 e. The molecule has 1 aliphatic heterocycles. The van der Waals surface area contributed by atoms with Crippen molar-refractivity contribution in [1.82, 2.24) is 10.2 Å². The monoisotopic (exact) mass is 332 g/mol. The van der Waals surface area contributed by atoms with Gasteiger partial charge in [-0.3, -0.25) is 0 Å². The van der Waals surface area contributed by atoms with Crippen molar-refractivity contribution in [1.29, 1.82) is 0 Å². The Morgan fingerprint density at radius 1 is 1.43 bits per heavy atom. The predicted octanol–water partition coefficient (Wildman–Crippen LogP) is 1.12. The Kier molecular flexibility index (Phi) is 7.57. The van der Waals surface area contributed by atoms with Gasteiger partial charge in [-0.2, -0.15) is 0 Å². The van der Waals surface area contributed by atoms with Gasteiger partial charge < -0.3 is 29.5 Å². The molecule has 0 radical (unpaired) electrons. The fraction of sp³-hybridized carbons (Fsp3) is 0.867. The number of nitrogens with zero attached hydrogens (tertiary/aromatic N) is 1. The summed E-state index contributed by atoms with van der Waals surface area (Å²) >= 11 is 0. The lowest BCUT2D eigenvalue weighted by Gasteiger charge is -2.23. The summed E-state index contributed by atoms with van der Waals surface area (Å²) < 4.78 is 15.5. The van der Waals surface area contributed by atoms with Crippen molar-refractivity contribution in [2.24, 2.45) is 0 Å². The van der Waals surface area contributed by atoms with Gasteiger partial charge in [0, 0.05) is 20.2 Å². The molecule has 1 heterocycles. The molecule has 23 heavy (non-hydrogen) atoms. The highest BCUT2D eigenvalue weighted by molar-refractivity contribution is 5.68. The lowest BCUT2D eigenvalue weighted by atomic mass is 10.2. The fourth-order valence-corrected chi connectivity index (χ4v) is 2.02. The molecule has 2 amide bonds. The van der Waals surface area contributed by atoms with E-state index in [4.69, 9.17) is 14.2 Å². The molecule has 8 nitrogen and oxygen atoms in total. The lowest BCUT2D eigenvalue weighted by Crippen LogP contribution is -2.42. The summed E-state index contributed by atoms with van der Waals surface area (Å²) in [6.45, 7) is 6.20. The summed E-state index contributed by atoms with van der Waals surface area (Å²) in [4.78, 5) is 24.5. The minimum absolute atomic E-state index is 0.0156. The van der Waals surface area contributed by atoms with Gasteiger partial charge >= 0.3 is 12.2 Å². The van der Waals surface area contributed by atoms with Crippen molar-refractivity contribution < 1.29 is 28.9 Å². The van der Waals surface area contributed by atoms with Crippen LogP contribution in [0.3, 0.4) is 0 Å². The zero-order chi connectivity index (χ0) is 17.5. The van der Waals surface area contributed by atoms with Crippen LogP contribution in [0.5, 0.6) is 0 Å². The van der Waals surface area contributed by atoms with Crippen LogP contribution in [-0.4, -0.2) is 73.4 Å². The number of amides is 2. The van der Waals surface area contributed by atoms with Crippen LogP contribution in [0.2, 0.25) is 0 Å². The maximum Gasteiger partial charge on any atom is 0.409 e. The number of aliphatic hydroxyl groups excluding tert-OH is 1. The number of ether oxygens (including phenoxy) is 3. The van der Waals surface area contributed by atoms with Gasteiger partial charge in [0.25, 0.3) is 0 Å². The van der Waals surface area contributed by atoms with E-state index in [0.29, 0.717) is 6.61 Å². The number of carbonyl (C=O) groups excluding carboxylic acids is 2. The van der Waals surface area contributed by atoms with Gasteiger partial charge in [-0.05, 0) is 33.6 Å². The Labute approximate surface area is 137 Å². The van der Waals surface area contributed by atoms with E-state index in [1.807, 2.05) is 0 Å². The number of hydrogen-bond acceptors (Lipinski definition) is 6. The van der Waals surface area contributed by atoms with Crippen molar-refractivity contribution in [3.63, 3.8) is 0 Å². The average Bonchev–Trinajstić information content (AvgIpc) is 2.93. The van der Waals surface area contributed by atoms with Crippen molar-refractivity contribution in [2.45, 2.75) is 51.4 Å². The molecule has 0 saturated carbocycles. The van der Waals surface area contributed by atoms with Crippen molar-refractivity contribution in [3.05, 3.63) is 0 Å². The minimum atomic E-state index is -0.914. The molecule has 1 aliphatic rings. The van der Waals surface area contributed by atoms with E-state index in [1.54, 1.807) is 20.8 Å². The normalized spacial score (nSPS) is 19.1. The molecule has 134 valence electrons. The van der Waals surface area contributed by atoms with Crippen LogP contribution in [0.4, 0.5) is 9.59 Å². The second-order valence-electron chi connectivity index (χ2n) is 6.63. The lowest BCUT2D eigenvalue weighted by molar-refractivity contribution is 0.0262. The average molecular weight is 332 g/mol. The molecule has 1 rings (SSSR count). The predicted molar refractivity (Wildman–Crippen MR) is 83.2 cm³/mol. The maximum absolute atomic E-state index is 11.8. The molecule has 1 fully saturated rings. The van der Waals surface area contributed by atoms with Crippen molar-refractivity contribution in [3.8, 4) is 0 Å². The number of rotatable bonds is 6. The standard InChI is InChI=1S/C15H28N2O6/c1-15(2,3)23-13(19)16-8-11(18)9-17(4)14(20)22-10-12-6-5-7-21-12/h11-12,18H,5-10H2,1-4H3,(H,16,19)/t11-,12-/m0/s1. The van der Waals surface area contributed by atoms with Crippen LogP contribution in [-0.2, 0) is 14.2 Å². The Hall–Kier alpha value is -1.54. The molecule has 0 unspecified atom stereocenters. The Morgan fingerprint density at radius 2 is 2.13 bits per heavy atom. The topological polar surface area (TPSA) is 97.3 Å². The summed E-state index contributed by atoms with van der Waals surface area (Å²) in [5.74, 6) is 0. The summed E-state index contributed by atoms with van der Waals surface area (Å²) in [5, 5.41) is 12.3. The van der Waals surface area contributed by atoms with E-state index < -0.39 is 23.9 Å². The summed E-state index contributed by atoms with van der Waals surface area (Å²) in [5.41, 5.74) is -0.599. The van der Waals surface area contributed by atoms with Crippen LogP contribution >= 0.6 is 0 Å². The zero-order valence-corrected chi connectivity index (χ0v) is 14.3. The molecule has 0 aliphatic carbocycles. The van der Waals surface area contributed by atoms with E-state index in [1.165, 1.54) is 11.9 Å². The first-order chi connectivity index (χ1) is 10.7. The molecule has 0 aromatic heterocycles. The summed E-state index contributed by atoms with van der Waals surface area (Å²) in [6.07, 6.45) is -0.224. The molecule has 8 heteroatoms. The van der Waals surface area contributed by atoms with Crippen LogP contribution in [0.1, 0.15) is 33.6 Å². The highest BCUT2D eigenvalue weighted by atomic mass is 16.6. The van der Waals surface area contributed by atoms with E-state index in [2.05, 4.69) is 5.32 Å². The third kappa shape index (κ3) is 8.61. The van der Waals surface area contributed by atoms with Crippen LogP contribution in [0.15, 0.2) is 0 Å². The van der Waals surface area contributed by atoms with Crippen LogP contribution in [0, 0.1) is 0 Å². The van der Waals surface area contributed by atoms with Crippen molar-refractivity contribution >= 4 is 12.2 Å². The number of hydrogen-bond donors (Lipinski definition) is 2. The van der Waals surface area contributed by atoms with Gasteiger partial charge in [-0.25, -0.2) is 9.59 Å². The number of likely N-dealkylation sites (N-methyl/N-ethyl adjacent to an activating group) is 1. The van der Waals surface area contributed by atoms with Gasteiger partial charge in [0.2, 0.25) is 0 Å². The van der Waals surface area contributed by atoms with E-state index in [-0.39, 0.29) is 25.8 Å². The second kappa shape index (κ2) is 8.93. The first-order valence-corrected chi connectivity index (χ1v) is 7.82. The molecule has 2 N–H and O–H groups in total. The highest BCUT2D eigenvalue weighted by Crippen LogP contribution is 2.12. The first-order valence-electron chi connectivity index (χ1n) is 7.82. The maximum atomic E-state index is 11.8. The molecule has 0 aromatic rings. The number of nitrogens with one attached hydrogen (secondary N) is 1. The van der Waals surface area contributed by atoms with E-state index in [9.17, 15) is 14.7 Å². The molecule has 0 bridgehead atoms. The van der Waals surface area contributed by atoms with E-state index in [0.717, 1.165) is 12.8 Å². The third-order valence-corrected chi connectivity index (χ3v) is 3.09. The molecular weight excluding hydrogens is 304 g/mol. The smallest absolute Gasteiger partial charge is 0.409 e. The first kappa shape index (κ1) is 19.5. The number of alkyl carbamates (subject to hydrolysis) is 1. The Morgan fingerprint density at radius 3 is 2.70 bits per heavy atom. The summed E-state index contributed by atoms with van der Waals surface area (Å²) in [6, 6.07) is 0. The number of carbonyl (C=O) groups is 2. The van der Waals surface area contributed by atoms with Gasteiger partial charge in [-0.15, -0.1) is 0 Å². The van der Waals surface area contributed by atoms with Gasteiger partial charge in [-0.1, -0.05) is 0 Å². The van der Waals surface area contributed by atoms with Crippen LogP contribution in [0.25, 0.3) is 0 Å². The van der Waals surface area contributed by atoms with Crippen LogP contribution < -0.4 is 5.32 Å². The quantitative estimate of drug-likeness (QED) is 0.756. The molecule has 0 spiro atoms. The molecule has 0 aromatic carbocycles. The third-order valence-electron chi connectivity index (χ3n) is 3.09. The largest absolute Gasteiger partial charge is 0.447 e. The van der Waals surface area contributed by atoms with Crippen molar-refractivity contribution in [2.75, 3.05) is 33.4 Å². The molecular formula is C15H28N2O6. The summed E-state index contributed by atoms with van der Waals surface area (Å²) in [7, 11) is 1.52. The van der Waals surface area contributed by atoms with E-state index >= 15 is 0 Å². The Bertz CT molecular complexity index is 390. The number of aliphatic hydroxyl groups is 1. The Balaban J connectivity index is 2.20. The van der Waals surface area contributed by atoms with Gasteiger partial charge in [0.15, 0.2) is 0 Å². The van der Waals surface area contributed by atoms with Gasteiger partial charge in [0.05, 0.1) is 18.8 Å². The molecule has 2 atom stereocenters. The zero-order valence-electron chi connectivity index (χ0n) is 14.3. The second-order valence-corrected chi connectivity index (χ2v) is 6.63. The van der Waals surface area contributed by atoms with Gasteiger partial charge in [0.1, 0.15) is 12.2 Å². The highest BCUT2D eigenvalue weighted by Gasteiger charge is 2.21. The molecule has 1 saturated heterocycles. The fourth-order valence-electron chi connectivity index (χ4n) is 2.02. The SMILES string of the molecule is CN(C[C@@H](O)CNC(=O)OC(C)(C)C)C(=O)OC[C@@H]1CCCO1.